The molecule has 0 aliphatic rings. The number of aliphatic hydroxyl groups is 1. The second-order valence-electron chi connectivity index (χ2n) is 5.66. The van der Waals surface area contributed by atoms with Crippen LogP contribution in [-0.2, 0) is 4.57 Å². The van der Waals surface area contributed by atoms with Gasteiger partial charge in [0.2, 0.25) is 0 Å². The van der Waals surface area contributed by atoms with Crippen LogP contribution in [0.3, 0.4) is 0 Å². The van der Waals surface area contributed by atoms with Crippen LogP contribution in [0.5, 0.6) is 0 Å². The first-order chi connectivity index (χ1) is 12.1. The average Bonchev–Trinajstić information content (AvgIpc) is 3.17. The SMILES string of the molecule is O=P([O-])(CCP(c1ccccc1)c1ccccc1)C(O)c1ccco1.[Na+]. The van der Waals surface area contributed by atoms with Crippen molar-refractivity contribution in [2.24, 2.45) is 0 Å². The van der Waals surface area contributed by atoms with Crippen LogP contribution in [0.25, 0.3) is 0 Å². The first-order valence-electron chi connectivity index (χ1n) is 7.97. The molecule has 0 fully saturated rings. The van der Waals surface area contributed by atoms with E-state index in [0.29, 0.717) is 6.16 Å². The third-order valence-corrected chi connectivity index (χ3v) is 8.65. The van der Waals surface area contributed by atoms with E-state index >= 15 is 0 Å². The number of hydrogen-bond donors (Lipinski definition) is 1. The van der Waals surface area contributed by atoms with Crippen molar-refractivity contribution in [1.29, 1.82) is 0 Å². The van der Waals surface area contributed by atoms with E-state index in [1.807, 2.05) is 60.7 Å². The van der Waals surface area contributed by atoms with Gasteiger partial charge in [0, 0.05) is 0 Å². The monoisotopic (exact) mass is 396 g/mol. The van der Waals surface area contributed by atoms with Crippen LogP contribution in [0.1, 0.15) is 11.6 Å². The van der Waals surface area contributed by atoms with Crippen LogP contribution in [0, 0.1) is 0 Å². The summed E-state index contributed by atoms with van der Waals surface area (Å²) in [6.07, 6.45) is 1.74. The summed E-state index contributed by atoms with van der Waals surface area (Å²) >= 11 is 0. The molecule has 3 aromatic rings. The molecule has 0 saturated carbocycles. The number of aliphatic hydroxyl groups excluding tert-OH is 1. The maximum Gasteiger partial charge on any atom is 1.00 e. The molecule has 2 unspecified atom stereocenters. The second-order valence-corrected chi connectivity index (χ2v) is 10.4. The molecule has 7 heteroatoms. The molecule has 2 atom stereocenters. The van der Waals surface area contributed by atoms with Gasteiger partial charge >= 0.3 is 29.6 Å². The summed E-state index contributed by atoms with van der Waals surface area (Å²) in [6.45, 7) is 0. The third kappa shape index (κ3) is 5.41. The number of furan rings is 1. The Bertz CT molecular complexity index is 786. The Labute approximate surface area is 176 Å². The van der Waals surface area contributed by atoms with E-state index in [2.05, 4.69) is 0 Å². The molecule has 0 bridgehead atoms. The van der Waals surface area contributed by atoms with Gasteiger partial charge in [-0.25, -0.2) is 0 Å². The van der Waals surface area contributed by atoms with E-state index in [-0.39, 0.29) is 41.5 Å². The van der Waals surface area contributed by atoms with Gasteiger partial charge < -0.3 is 19.0 Å². The van der Waals surface area contributed by atoms with Gasteiger partial charge in [0.15, 0.2) is 5.85 Å². The standard InChI is InChI=1S/C19H20O4P2.Na/c20-19(18-12-7-13-23-18)25(21,22)15-14-24(16-8-3-1-4-9-16)17-10-5-2-6-11-17;/h1-13,19-20H,14-15H2,(H,21,22);/q;+1/p-1. The van der Waals surface area contributed by atoms with E-state index in [1.165, 1.54) is 12.3 Å². The van der Waals surface area contributed by atoms with E-state index in [1.54, 1.807) is 6.07 Å². The Balaban J connectivity index is 0.00000243. The second kappa shape index (κ2) is 10.0. The van der Waals surface area contributed by atoms with Gasteiger partial charge in [-0.15, -0.1) is 0 Å². The molecule has 0 amide bonds. The average molecular weight is 396 g/mol. The van der Waals surface area contributed by atoms with E-state index in [4.69, 9.17) is 4.42 Å². The Morgan fingerprint density at radius 3 is 1.96 bits per heavy atom. The fourth-order valence-electron chi connectivity index (χ4n) is 2.62. The van der Waals surface area contributed by atoms with E-state index < -0.39 is 21.1 Å². The molecule has 0 radical (unpaired) electrons. The summed E-state index contributed by atoms with van der Waals surface area (Å²) in [5.41, 5.74) is 0. The van der Waals surface area contributed by atoms with Crippen LogP contribution in [-0.4, -0.2) is 17.4 Å². The minimum absolute atomic E-state index is 0. The van der Waals surface area contributed by atoms with Gasteiger partial charge in [0.05, 0.1) is 13.6 Å². The minimum Gasteiger partial charge on any atom is -0.797 e. The zero-order chi connectivity index (χ0) is 17.7. The molecule has 1 aromatic heterocycles. The summed E-state index contributed by atoms with van der Waals surface area (Å²) in [5, 5.41) is 12.4. The number of hydrogen-bond acceptors (Lipinski definition) is 4. The first-order valence-corrected chi connectivity index (χ1v) is 11.4. The van der Waals surface area contributed by atoms with Crippen molar-refractivity contribution in [2.45, 2.75) is 5.85 Å². The topological polar surface area (TPSA) is 73.5 Å². The predicted octanol–water partition coefficient (Wildman–Crippen LogP) is 0.0458. The molecule has 2 aromatic carbocycles. The summed E-state index contributed by atoms with van der Waals surface area (Å²) < 4.78 is 17.6. The Morgan fingerprint density at radius 1 is 0.962 bits per heavy atom. The van der Waals surface area contributed by atoms with Crippen molar-refractivity contribution in [1.82, 2.24) is 0 Å². The third-order valence-electron chi connectivity index (χ3n) is 3.94. The number of rotatable bonds is 7. The molecule has 26 heavy (non-hydrogen) atoms. The summed E-state index contributed by atoms with van der Waals surface area (Å²) in [5.74, 6) is -1.52. The quantitative estimate of drug-likeness (QED) is 0.453. The van der Waals surface area contributed by atoms with Gasteiger partial charge in [-0.2, -0.15) is 0 Å². The van der Waals surface area contributed by atoms with Crippen molar-refractivity contribution in [3.8, 4) is 0 Å². The van der Waals surface area contributed by atoms with Crippen LogP contribution in [0.4, 0.5) is 0 Å². The van der Waals surface area contributed by atoms with E-state index in [9.17, 15) is 14.6 Å². The summed E-state index contributed by atoms with van der Waals surface area (Å²) in [6, 6.07) is 22.9. The molecule has 4 nitrogen and oxygen atoms in total. The molecule has 0 saturated heterocycles. The maximum absolute atomic E-state index is 12.5. The Hall–Kier alpha value is -0.700. The fraction of sp³-hybridized carbons (Fsp3) is 0.158. The molecule has 130 valence electrons. The normalized spacial score (nSPS) is 14.4. The van der Waals surface area contributed by atoms with Crippen LogP contribution in [0.2, 0.25) is 0 Å². The molecule has 0 aliphatic carbocycles. The van der Waals surface area contributed by atoms with Gasteiger partial charge in [0.25, 0.3) is 0 Å². The Kier molecular flexibility index (Phi) is 8.32. The number of benzene rings is 2. The van der Waals surface area contributed by atoms with Crippen molar-refractivity contribution in [3.05, 3.63) is 84.8 Å². The zero-order valence-electron chi connectivity index (χ0n) is 14.6. The van der Waals surface area contributed by atoms with E-state index in [0.717, 1.165) is 10.6 Å². The van der Waals surface area contributed by atoms with Gasteiger partial charge in [-0.3, -0.25) is 0 Å². The molecular weight excluding hydrogens is 377 g/mol. The smallest absolute Gasteiger partial charge is 0.797 e. The van der Waals surface area contributed by atoms with Gasteiger partial charge in [0.1, 0.15) is 5.76 Å². The summed E-state index contributed by atoms with van der Waals surface area (Å²) in [7, 11) is -4.85. The van der Waals surface area contributed by atoms with Gasteiger partial charge in [-0.1, -0.05) is 60.7 Å². The van der Waals surface area contributed by atoms with Crippen molar-refractivity contribution in [3.63, 3.8) is 0 Å². The largest absolute Gasteiger partial charge is 1.00 e. The maximum atomic E-state index is 12.5. The first kappa shape index (κ1) is 21.6. The molecular formula is C19H19NaO4P2. The molecule has 0 spiro atoms. The predicted molar refractivity (Wildman–Crippen MR) is 100 cm³/mol. The molecule has 3 rings (SSSR count). The molecule has 1 heterocycles. The van der Waals surface area contributed by atoms with Crippen molar-refractivity contribution < 1.29 is 48.5 Å². The van der Waals surface area contributed by atoms with Crippen LogP contribution < -0.4 is 45.1 Å². The zero-order valence-corrected chi connectivity index (χ0v) is 18.4. The fourth-order valence-corrected chi connectivity index (χ4v) is 7.19. The molecule has 1 N–H and O–H groups in total. The Morgan fingerprint density at radius 2 is 1.50 bits per heavy atom. The minimum atomic E-state index is -4.04. The van der Waals surface area contributed by atoms with Gasteiger partial charge in [-0.05, 0) is 43.0 Å². The summed E-state index contributed by atoms with van der Waals surface area (Å²) in [4.78, 5) is 12.5. The van der Waals surface area contributed by atoms with Crippen LogP contribution in [0.15, 0.2) is 83.5 Å². The van der Waals surface area contributed by atoms with Crippen molar-refractivity contribution in [2.75, 3.05) is 12.3 Å². The molecule has 0 aliphatic heterocycles. The van der Waals surface area contributed by atoms with Crippen LogP contribution >= 0.6 is 15.3 Å². The van der Waals surface area contributed by atoms with Crippen molar-refractivity contribution >= 4 is 25.9 Å².